The number of halogens is 4. The van der Waals surface area contributed by atoms with Gasteiger partial charge in [0, 0.05) is 12.2 Å². The number of aliphatic hydroxyl groups is 1. The van der Waals surface area contributed by atoms with Gasteiger partial charge in [-0.1, -0.05) is 0 Å². The Hall–Kier alpha value is -2.79. The molecule has 2 N–H and O–H groups in total. The van der Waals surface area contributed by atoms with E-state index in [1.54, 1.807) is 0 Å². The molecule has 25 heavy (non-hydrogen) atoms. The second-order valence-corrected chi connectivity index (χ2v) is 5.17. The number of nitrogens with zero attached hydrogens (tertiary/aromatic N) is 1. The third-order valence-electron chi connectivity index (χ3n) is 3.24. The fraction of sp³-hybridized carbons (Fsp3) is 0.235. The molecule has 0 saturated heterocycles. The van der Waals surface area contributed by atoms with E-state index < -0.39 is 29.2 Å². The predicted molar refractivity (Wildman–Crippen MR) is 82.6 cm³/mol. The number of alkyl halides is 3. The Morgan fingerprint density at radius 3 is 2.44 bits per heavy atom. The Labute approximate surface area is 141 Å². The van der Waals surface area contributed by atoms with Crippen molar-refractivity contribution in [2.45, 2.75) is 12.3 Å². The molecule has 2 rings (SSSR count). The van der Waals surface area contributed by atoms with Crippen molar-refractivity contribution >= 4 is 5.69 Å². The van der Waals surface area contributed by atoms with E-state index in [-0.39, 0.29) is 18.8 Å². The van der Waals surface area contributed by atoms with Crippen LogP contribution in [-0.2, 0) is 6.18 Å². The van der Waals surface area contributed by atoms with Crippen LogP contribution in [0.2, 0.25) is 0 Å². The average Bonchev–Trinajstić information content (AvgIpc) is 2.58. The van der Waals surface area contributed by atoms with E-state index in [1.807, 2.05) is 0 Å². The molecule has 1 atom stereocenters. The standard InChI is InChI=1S/C17H14F4N2O2/c18-12-2-5-15(6-3-12)25-10-14(24)9-23-13-4-1-11(8-22)16(7-13)17(19,20)21/h1-7,14,23-24H,9-10H2. The first kappa shape index (κ1) is 18.5. The van der Waals surface area contributed by atoms with E-state index >= 15 is 0 Å². The Kier molecular flexibility index (Phi) is 5.83. The second kappa shape index (κ2) is 7.85. The number of benzene rings is 2. The third kappa shape index (κ3) is 5.36. The Balaban J connectivity index is 1.92. The second-order valence-electron chi connectivity index (χ2n) is 5.17. The highest BCUT2D eigenvalue weighted by Crippen LogP contribution is 2.33. The van der Waals surface area contributed by atoms with Crippen molar-refractivity contribution in [3.8, 4) is 11.8 Å². The molecule has 1 unspecified atom stereocenters. The highest BCUT2D eigenvalue weighted by Gasteiger charge is 2.33. The van der Waals surface area contributed by atoms with Crippen LogP contribution in [0.4, 0.5) is 23.2 Å². The van der Waals surface area contributed by atoms with E-state index in [0.717, 1.165) is 12.1 Å². The molecule has 0 bridgehead atoms. The maximum atomic E-state index is 12.9. The minimum absolute atomic E-state index is 0.0651. The lowest BCUT2D eigenvalue weighted by Gasteiger charge is -2.15. The molecule has 4 nitrogen and oxygen atoms in total. The monoisotopic (exact) mass is 354 g/mol. The van der Waals surface area contributed by atoms with Crippen molar-refractivity contribution in [1.82, 2.24) is 0 Å². The van der Waals surface area contributed by atoms with Gasteiger partial charge in [0.15, 0.2) is 0 Å². The van der Waals surface area contributed by atoms with E-state index in [1.165, 1.54) is 36.4 Å². The molecule has 8 heteroatoms. The van der Waals surface area contributed by atoms with Gasteiger partial charge in [-0.25, -0.2) is 4.39 Å². The number of aliphatic hydroxyl groups excluding tert-OH is 1. The predicted octanol–water partition coefficient (Wildman–Crippen LogP) is 3.57. The van der Waals surface area contributed by atoms with Crippen molar-refractivity contribution in [3.63, 3.8) is 0 Å². The summed E-state index contributed by atoms with van der Waals surface area (Å²) in [5, 5.41) is 21.2. The molecule has 2 aromatic carbocycles. The largest absolute Gasteiger partial charge is 0.491 e. The van der Waals surface area contributed by atoms with Crippen LogP contribution in [0.25, 0.3) is 0 Å². The molecule has 0 heterocycles. The molecule has 2 aromatic rings. The third-order valence-corrected chi connectivity index (χ3v) is 3.24. The average molecular weight is 354 g/mol. The zero-order valence-corrected chi connectivity index (χ0v) is 12.8. The summed E-state index contributed by atoms with van der Waals surface area (Å²) in [6.45, 7) is -0.189. The molecule has 0 aliphatic carbocycles. The van der Waals surface area contributed by atoms with Gasteiger partial charge in [-0.2, -0.15) is 18.4 Å². The van der Waals surface area contributed by atoms with Crippen LogP contribution in [0.3, 0.4) is 0 Å². The van der Waals surface area contributed by atoms with Crippen molar-refractivity contribution in [2.24, 2.45) is 0 Å². The zero-order chi connectivity index (χ0) is 18.4. The van der Waals surface area contributed by atoms with Gasteiger partial charge < -0.3 is 15.2 Å². The first-order valence-corrected chi connectivity index (χ1v) is 7.21. The van der Waals surface area contributed by atoms with Crippen LogP contribution in [0.15, 0.2) is 42.5 Å². The number of ether oxygens (including phenoxy) is 1. The molecular weight excluding hydrogens is 340 g/mol. The molecule has 132 valence electrons. The Morgan fingerprint density at radius 2 is 1.84 bits per heavy atom. The van der Waals surface area contributed by atoms with Gasteiger partial charge in [-0.3, -0.25) is 0 Å². The summed E-state index contributed by atoms with van der Waals surface area (Å²) >= 11 is 0. The number of hydrogen-bond acceptors (Lipinski definition) is 4. The molecule has 0 spiro atoms. The minimum atomic E-state index is -4.65. The lowest BCUT2D eigenvalue weighted by molar-refractivity contribution is -0.137. The summed E-state index contributed by atoms with van der Waals surface area (Å²) in [6, 6.07) is 9.88. The van der Waals surface area contributed by atoms with Crippen LogP contribution in [0.5, 0.6) is 5.75 Å². The van der Waals surface area contributed by atoms with Gasteiger partial charge in [-0.15, -0.1) is 0 Å². The maximum absolute atomic E-state index is 12.9. The van der Waals surface area contributed by atoms with Gasteiger partial charge in [-0.05, 0) is 42.5 Å². The molecule has 0 radical (unpaired) electrons. The maximum Gasteiger partial charge on any atom is 0.417 e. The fourth-order valence-corrected chi connectivity index (χ4v) is 2.00. The van der Waals surface area contributed by atoms with Crippen molar-refractivity contribution < 1.29 is 27.4 Å². The number of nitrogens with one attached hydrogen (secondary N) is 1. The summed E-state index contributed by atoms with van der Waals surface area (Å²) in [5.74, 6) is -0.0611. The quantitative estimate of drug-likeness (QED) is 0.779. The number of hydrogen-bond donors (Lipinski definition) is 2. The number of nitriles is 1. The first-order chi connectivity index (χ1) is 11.8. The van der Waals surface area contributed by atoms with Crippen LogP contribution in [0, 0.1) is 17.1 Å². The molecule has 0 aromatic heterocycles. The van der Waals surface area contributed by atoms with Gasteiger partial charge in [0.05, 0.1) is 17.2 Å². The topological polar surface area (TPSA) is 65.3 Å². The summed E-state index contributed by atoms with van der Waals surface area (Å²) < 4.78 is 56.6. The molecule has 0 aliphatic rings. The molecule has 0 fully saturated rings. The van der Waals surface area contributed by atoms with Crippen molar-refractivity contribution in [3.05, 3.63) is 59.4 Å². The van der Waals surface area contributed by atoms with E-state index in [2.05, 4.69) is 5.32 Å². The highest BCUT2D eigenvalue weighted by atomic mass is 19.4. The Morgan fingerprint density at radius 1 is 1.16 bits per heavy atom. The summed E-state index contributed by atoms with van der Waals surface area (Å²) in [6.07, 6.45) is -5.65. The van der Waals surface area contributed by atoms with Crippen molar-refractivity contribution in [2.75, 3.05) is 18.5 Å². The Bertz CT molecular complexity index is 755. The number of rotatable bonds is 6. The van der Waals surface area contributed by atoms with E-state index in [9.17, 15) is 22.7 Å². The number of anilines is 1. The fourth-order valence-electron chi connectivity index (χ4n) is 2.00. The molecular formula is C17H14F4N2O2. The summed E-state index contributed by atoms with van der Waals surface area (Å²) in [5.41, 5.74) is -1.40. The van der Waals surface area contributed by atoms with Crippen LogP contribution in [-0.4, -0.2) is 24.4 Å². The van der Waals surface area contributed by atoms with Crippen LogP contribution < -0.4 is 10.1 Å². The minimum Gasteiger partial charge on any atom is -0.491 e. The lowest BCUT2D eigenvalue weighted by atomic mass is 10.1. The van der Waals surface area contributed by atoms with Crippen LogP contribution >= 0.6 is 0 Å². The first-order valence-electron chi connectivity index (χ1n) is 7.21. The smallest absolute Gasteiger partial charge is 0.417 e. The van der Waals surface area contributed by atoms with Gasteiger partial charge >= 0.3 is 6.18 Å². The van der Waals surface area contributed by atoms with Crippen molar-refractivity contribution in [1.29, 1.82) is 5.26 Å². The summed E-state index contributed by atoms with van der Waals surface area (Å²) in [7, 11) is 0. The van der Waals surface area contributed by atoms with Gasteiger partial charge in [0.1, 0.15) is 24.3 Å². The highest BCUT2D eigenvalue weighted by molar-refractivity contribution is 5.53. The SMILES string of the molecule is N#Cc1ccc(NCC(O)COc2ccc(F)cc2)cc1C(F)(F)F. The van der Waals surface area contributed by atoms with E-state index in [4.69, 9.17) is 10.00 Å². The normalized spacial score (nSPS) is 12.3. The lowest BCUT2D eigenvalue weighted by Crippen LogP contribution is -2.26. The van der Waals surface area contributed by atoms with Gasteiger partial charge in [0.2, 0.25) is 0 Å². The van der Waals surface area contributed by atoms with Crippen LogP contribution in [0.1, 0.15) is 11.1 Å². The zero-order valence-electron chi connectivity index (χ0n) is 12.8. The van der Waals surface area contributed by atoms with Gasteiger partial charge in [0.25, 0.3) is 0 Å². The van der Waals surface area contributed by atoms with E-state index in [0.29, 0.717) is 5.75 Å². The molecule has 0 amide bonds. The summed E-state index contributed by atoms with van der Waals surface area (Å²) in [4.78, 5) is 0. The molecule has 0 aliphatic heterocycles. The molecule has 0 saturated carbocycles.